The van der Waals surface area contributed by atoms with E-state index in [1.54, 1.807) is 7.11 Å². The molecule has 0 N–H and O–H groups in total. The van der Waals surface area contributed by atoms with E-state index in [0.717, 1.165) is 40.1 Å². The van der Waals surface area contributed by atoms with Gasteiger partial charge in [-0.05, 0) is 63.6 Å². The normalized spacial score (nSPS) is 15.4. The summed E-state index contributed by atoms with van der Waals surface area (Å²) in [5.74, 6) is 0.710. The van der Waals surface area contributed by atoms with Crippen LogP contribution in [0.25, 0.3) is 22.3 Å². The van der Waals surface area contributed by atoms with Gasteiger partial charge in [-0.1, -0.05) is 6.92 Å². The molecule has 3 aromatic heterocycles. The molecular formula is C21H26N4O. The topological polar surface area (TPSA) is 52.8 Å². The number of fused-ring (bicyclic) bond motifs is 1. The van der Waals surface area contributed by atoms with E-state index in [1.807, 2.05) is 19.2 Å². The highest BCUT2D eigenvalue weighted by Gasteiger charge is 2.34. The third kappa shape index (κ3) is 2.66. The van der Waals surface area contributed by atoms with Crippen LogP contribution in [0, 0.1) is 26.7 Å². The molecule has 3 heterocycles. The molecule has 1 unspecified atom stereocenters. The van der Waals surface area contributed by atoms with Crippen molar-refractivity contribution in [3.8, 4) is 17.1 Å². The molecule has 1 atom stereocenters. The predicted molar refractivity (Wildman–Crippen MR) is 104 cm³/mol. The minimum absolute atomic E-state index is 0.400. The van der Waals surface area contributed by atoms with Crippen molar-refractivity contribution in [2.24, 2.45) is 5.92 Å². The second-order valence-corrected chi connectivity index (χ2v) is 7.34. The average molecular weight is 350 g/mol. The minimum atomic E-state index is 0.400. The predicted octanol–water partition coefficient (Wildman–Crippen LogP) is 4.79. The molecule has 1 saturated carbocycles. The maximum Gasteiger partial charge on any atom is 0.298 e. The first-order valence-electron chi connectivity index (χ1n) is 9.41. The van der Waals surface area contributed by atoms with Crippen LogP contribution in [0.3, 0.4) is 0 Å². The van der Waals surface area contributed by atoms with Crippen molar-refractivity contribution < 1.29 is 4.74 Å². The Bertz CT molecular complexity index is 972. The molecule has 1 fully saturated rings. The molecule has 0 saturated heterocycles. The summed E-state index contributed by atoms with van der Waals surface area (Å²) in [5.41, 5.74) is 7.28. The second kappa shape index (κ2) is 6.38. The van der Waals surface area contributed by atoms with Crippen molar-refractivity contribution in [1.29, 1.82) is 0 Å². The van der Waals surface area contributed by atoms with Gasteiger partial charge in [0.2, 0.25) is 0 Å². The second-order valence-electron chi connectivity index (χ2n) is 7.34. The fraction of sp³-hybridized carbons (Fsp3) is 0.476. The molecule has 5 heteroatoms. The molecule has 0 aliphatic heterocycles. The number of aryl methyl sites for hydroxylation is 3. The molecule has 0 amide bonds. The highest BCUT2D eigenvalue weighted by atomic mass is 16.5. The Kier molecular flexibility index (Phi) is 4.17. The van der Waals surface area contributed by atoms with Gasteiger partial charge in [-0.2, -0.15) is 4.98 Å². The number of nitrogens with zero attached hydrogens (tertiary/aromatic N) is 4. The van der Waals surface area contributed by atoms with Crippen molar-refractivity contribution in [2.75, 3.05) is 7.11 Å². The van der Waals surface area contributed by atoms with E-state index < -0.39 is 0 Å². The van der Waals surface area contributed by atoms with Crippen LogP contribution in [0.4, 0.5) is 0 Å². The van der Waals surface area contributed by atoms with Gasteiger partial charge in [0.15, 0.2) is 5.65 Å². The van der Waals surface area contributed by atoms with Gasteiger partial charge in [0.05, 0.1) is 7.11 Å². The smallest absolute Gasteiger partial charge is 0.298 e. The summed E-state index contributed by atoms with van der Waals surface area (Å²) in [6.45, 7) is 8.44. The summed E-state index contributed by atoms with van der Waals surface area (Å²) in [6, 6.07) is 5.30. The summed E-state index contributed by atoms with van der Waals surface area (Å²) >= 11 is 0. The van der Waals surface area contributed by atoms with Crippen LogP contribution < -0.4 is 4.74 Å². The fourth-order valence-corrected chi connectivity index (χ4v) is 3.94. The molecule has 0 bridgehead atoms. The number of rotatable bonds is 5. The lowest BCUT2D eigenvalue weighted by atomic mass is 10.0. The van der Waals surface area contributed by atoms with Crippen LogP contribution >= 0.6 is 0 Å². The largest absolute Gasteiger partial charge is 0.468 e. The number of imidazole rings is 1. The zero-order valence-electron chi connectivity index (χ0n) is 16.2. The summed E-state index contributed by atoms with van der Waals surface area (Å²) in [6.07, 6.45) is 5.49. The Morgan fingerprint density at radius 1 is 1.15 bits per heavy atom. The Morgan fingerprint density at radius 2 is 1.92 bits per heavy atom. The monoisotopic (exact) mass is 350 g/mol. The van der Waals surface area contributed by atoms with E-state index in [2.05, 4.69) is 36.4 Å². The van der Waals surface area contributed by atoms with Crippen molar-refractivity contribution in [1.82, 2.24) is 19.5 Å². The molecule has 1 aliphatic rings. The first-order chi connectivity index (χ1) is 12.5. The molecule has 5 nitrogen and oxygen atoms in total. The van der Waals surface area contributed by atoms with E-state index in [0.29, 0.717) is 18.0 Å². The van der Waals surface area contributed by atoms with Crippen molar-refractivity contribution in [3.05, 3.63) is 35.3 Å². The zero-order valence-corrected chi connectivity index (χ0v) is 16.2. The first kappa shape index (κ1) is 17.0. The van der Waals surface area contributed by atoms with Crippen molar-refractivity contribution in [2.45, 2.75) is 53.0 Å². The third-order valence-corrected chi connectivity index (χ3v) is 5.59. The van der Waals surface area contributed by atoms with Gasteiger partial charge in [-0.15, -0.1) is 0 Å². The van der Waals surface area contributed by atoms with Gasteiger partial charge >= 0.3 is 0 Å². The Hall–Kier alpha value is -2.43. The molecule has 0 spiro atoms. The highest BCUT2D eigenvalue weighted by molar-refractivity contribution is 5.91. The van der Waals surface area contributed by atoms with Crippen LogP contribution in [-0.4, -0.2) is 26.6 Å². The Balaban J connectivity index is 1.96. The quantitative estimate of drug-likeness (QED) is 0.664. The van der Waals surface area contributed by atoms with Crippen LogP contribution in [0.2, 0.25) is 0 Å². The lowest BCUT2D eigenvalue weighted by molar-refractivity contribution is 0.322. The average Bonchev–Trinajstić information content (AvgIpc) is 3.39. The SMILES string of the molecule is CCC(C1CC1)n1c(OC)nc2c(-c3cc(C)c(C)nc3C)ccnc21. The van der Waals surface area contributed by atoms with Crippen molar-refractivity contribution >= 4 is 11.2 Å². The van der Waals surface area contributed by atoms with Crippen LogP contribution in [0.15, 0.2) is 18.3 Å². The summed E-state index contributed by atoms with van der Waals surface area (Å²) in [4.78, 5) is 14.2. The summed E-state index contributed by atoms with van der Waals surface area (Å²) < 4.78 is 7.86. The van der Waals surface area contributed by atoms with Gasteiger partial charge in [0, 0.05) is 34.8 Å². The van der Waals surface area contributed by atoms with E-state index in [9.17, 15) is 0 Å². The van der Waals surface area contributed by atoms with E-state index >= 15 is 0 Å². The molecule has 0 radical (unpaired) electrons. The van der Waals surface area contributed by atoms with Crippen molar-refractivity contribution in [3.63, 3.8) is 0 Å². The lowest BCUT2D eigenvalue weighted by Crippen LogP contribution is -2.12. The van der Waals surface area contributed by atoms with Crippen LogP contribution in [0.1, 0.15) is 49.2 Å². The number of hydrogen-bond acceptors (Lipinski definition) is 4. The van der Waals surface area contributed by atoms with Gasteiger partial charge in [-0.25, -0.2) is 4.98 Å². The molecular weight excluding hydrogens is 324 g/mol. The summed E-state index contributed by atoms with van der Waals surface area (Å²) in [7, 11) is 1.69. The molecule has 1 aliphatic carbocycles. The van der Waals surface area contributed by atoms with Crippen LogP contribution in [-0.2, 0) is 0 Å². The van der Waals surface area contributed by atoms with Gasteiger partial charge < -0.3 is 4.74 Å². The fourth-order valence-electron chi connectivity index (χ4n) is 3.94. The zero-order chi connectivity index (χ0) is 18.4. The maximum atomic E-state index is 5.65. The van der Waals surface area contributed by atoms with Gasteiger partial charge in [-0.3, -0.25) is 9.55 Å². The number of methoxy groups -OCH3 is 1. The minimum Gasteiger partial charge on any atom is -0.468 e. The lowest BCUT2D eigenvalue weighted by Gasteiger charge is -2.18. The van der Waals surface area contributed by atoms with E-state index in [4.69, 9.17) is 14.7 Å². The Labute approximate surface area is 154 Å². The Morgan fingerprint density at radius 3 is 2.58 bits per heavy atom. The summed E-state index contributed by atoms with van der Waals surface area (Å²) in [5, 5.41) is 0. The van der Waals surface area contributed by atoms with Gasteiger partial charge in [0.25, 0.3) is 6.01 Å². The molecule has 136 valence electrons. The highest BCUT2D eigenvalue weighted by Crippen LogP contribution is 2.45. The van der Waals surface area contributed by atoms with Crippen LogP contribution in [0.5, 0.6) is 6.01 Å². The number of pyridine rings is 2. The number of aromatic nitrogens is 4. The van der Waals surface area contributed by atoms with E-state index in [1.165, 1.54) is 18.4 Å². The third-order valence-electron chi connectivity index (χ3n) is 5.59. The molecule has 26 heavy (non-hydrogen) atoms. The number of hydrogen-bond donors (Lipinski definition) is 0. The maximum absolute atomic E-state index is 5.65. The molecule has 4 rings (SSSR count). The standard InChI is InChI=1S/C21H26N4O/c1-6-18(15-7-8-15)25-20-19(24-21(25)26-5)16(9-10-22-20)17-11-12(2)13(3)23-14(17)4/h9-11,15,18H,6-8H2,1-5H3. The molecule has 3 aromatic rings. The number of ether oxygens (including phenoxy) is 1. The molecule has 0 aromatic carbocycles. The van der Waals surface area contributed by atoms with E-state index in [-0.39, 0.29) is 0 Å². The van der Waals surface area contributed by atoms with Gasteiger partial charge in [0.1, 0.15) is 5.52 Å². The first-order valence-corrected chi connectivity index (χ1v) is 9.41.